The average Bonchev–Trinajstić information content (AvgIpc) is 0.798. The maximum atomic E-state index is 15.7. The molecule has 0 spiro atoms. The number of alkyl carbamates (subject to hydrolysis) is 1. The molecule has 0 aromatic heterocycles. The number of carbonyl (C=O) groups is 14. The Morgan fingerprint density at radius 1 is 0.667 bits per heavy atom. The highest BCUT2D eigenvalue weighted by atomic mass is 19.4. The van der Waals surface area contributed by atoms with Crippen LogP contribution in [-0.2, 0) is 78.2 Å². The number of rotatable bonds is 24. The van der Waals surface area contributed by atoms with Crippen LogP contribution in [0.3, 0.4) is 0 Å². The molecule has 22 N–H and O–H groups in total. The Morgan fingerprint density at radius 3 is 1.69 bits per heavy atom. The average molecular weight is 1540 g/mol. The van der Waals surface area contributed by atoms with E-state index in [4.69, 9.17) is 36.6 Å². The number of aliphatic carboxylic acids is 1. The summed E-state index contributed by atoms with van der Waals surface area (Å²) in [7, 11) is 0. The molecule has 1 aliphatic heterocycles. The summed E-state index contributed by atoms with van der Waals surface area (Å²) in [6.45, 7) is 17.6. The smallest absolute Gasteiger partial charge is 0.475 e. The lowest BCUT2D eigenvalue weighted by Gasteiger charge is -2.37. The van der Waals surface area contributed by atoms with Crippen LogP contribution >= 0.6 is 0 Å². The van der Waals surface area contributed by atoms with Gasteiger partial charge in [0.25, 0.3) is 0 Å². The molecule has 1 saturated heterocycles. The van der Waals surface area contributed by atoms with Crippen molar-refractivity contribution in [2.75, 3.05) is 19.7 Å². The summed E-state index contributed by atoms with van der Waals surface area (Å²) in [5.41, 5.74) is 13.8. The summed E-state index contributed by atoms with van der Waals surface area (Å²) in [6, 6.07) is -1.60. The van der Waals surface area contributed by atoms with Gasteiger partial charge in [-0.3, -0.25) is 57.7 Å². The van der Waals surface area contributed by atoms with Crippen molar-refractivity contribution in [3.05, 3.63) is 71.8 Å². The van der Waals surface area contributed by atoms with Crippen molar-refractivity contribution in [3.63, 3.8) is 0 Å². The molecule has 15 atom stereocenters. The number of hydrogen-bond donors (Lipinski definition) is 19. The van der Waals surface area contributed by atoms with Gasteiger partial charge in [-0.2, -0.15) is 13.2 Å². The summed E-state index contributed by atoms with van der Waals surface area (Å²) >= 11 is 0. The van der Waals surface area contributed by atoms with Gasteiger partial charge in [0.1, 0.15) is 59.5 Å². The van der Waals surface area contributed by atoms with E-state index in [1.807, 2.05) is 10.6 Å². The zero-order valence-electron chi connectivity index (χ0n) is 62.5. The number of carboxylic acid groups (broad SMARTS) is 1. The van der Waals surface area contributed by atoms with Gasteiger partial charge in [-0.05, 0) is 95.1 Å². The minimum Gasteiger partial charge on any atom is -0.475 e. The molecule has 12 amide bonds. The lowest BCUT2D eigenvalue weighted by molar-refractivity contribution is -0.192. The van der Waals surface area contributed by atoms with Crippen LogP contribution in [-0.4, -0.2) is 224 Å². The highest BCUT2D eigenvalue weighted by Gasteiger charge is 2.47. The number of cyclic esters (lactones) is 1. The number of amides is 12. The number of aliphatic imine (C=N–C) groups is 1. The number of benzene rings is 2. The Morgan fingerprint density at radius 2 is 1.19 bits per heavy atom. The van der Waals surface area contributed by atoms with Gasteiger partial charge in [0.15, 0.2) is 24.2 Å². The molecular weight excluding hydrogens is 1430 g/mol. The number of carboxylic acids is 1. The highest BCUT2D eigenvalue weighted by Crippen LogP contribution is 2.27. The minimum absolute atomic E-state index is 0.0256. The number of guanidine groups is 1. The second-order valence-corrected chi connectivity index (χ2v) is 28.2. The number of nitrogens with one attached hydrogen (secondary N) is 11. The number of aliphatic hydroxyl groups excluding tert-OH is 4. The number of aliphatic hydroxyl groups is 4. The lowest BCUT2D eigenvalue weighted by Crippen LogP contribution is -2.66. The monoisotopic (exact) mass is 1540 g/mol. The topological polar surface area (TPSA) is 581 Å². The first kappa shape index (κ1) is 93.8. The van der Waals surface area contributed by atoms with E-state index < -0.39 is 216 Å². The molecule has 0 aliphatic carbocycles. The highest BCUT2D eigenvalue weighted by molar-refractivity contribution is 6.01. The van der Waals surface area contributed by atoms with Gasteiger partial charge in [-0.1, -0.05) is 122 Å². The molecule has 0 unspecified atom stereocenters. The number of hydrogen-bond acceptors (Lipinski definition) is 21. The van der Waals surface area contributed by atoms with Crippen LogP contribution in [0, 0.1) is 23.7 Å². The molecule has 108 heavy (non-hydrogen) atoms. The van der Waals surface area contributed by atoms with E-state index in [-0.39, 0.29) is 56.6 Å². The maximum absolute atomic E-state index is 15.7. The van der Waals surface area contributed by atoms with Crippen molar-refractivity contribution < 1.29 is 115 Å². The van der Waals surface area contributed by atoms with Gasteiger partial charge in [-0.25, -0.2) is 14.4 Å². The molecule has 3 rings (SSSR count). The molecule has 0 bridgehead atoms. The number of halogens is 3. The first-order valence-corrected chi connectivity index (χ1v) is 34.7. The summed E-state index contributed by atoms with van der Waals surface area (Å²) in [6.07, 6.45) is -14.9. The molecule has 36 nitrogen and oxygen atoms in total. The standard InChI is InChI=1S/C67H105N15O19.C2HF3O2/c1-14-36(8)45-58(93)79-46(37(9)84)57(92)72-31-44(85)77-48(51(87)53(68)88)60(95)75-43(32-83)62(97)100-52(39-24-19-16-20-25-39)49(81-63(98)67(13,30-34(4)5)82-56(91)42(29-38-22-17-15-18-23-38)76-65(99)101-66(10,11)12)61(96)80-47(50(86)35(6)7)59(94)74-41(28-33(2)3)55(90)73-40(54(89)78-45)26-21-27-71-64(69)70;3-2(4,5)1(6)7/h15-20,22-25,33-37,40-43,45-52,83-84,86-87H,14,21,26-32H2,1-13H3,(H2,68,88)(H,72,92)(H,73,90)(H,74,94)(H,75,95)(H,76,99)(H,77,85)(H,78,89)(H,79,93)(H,80,96)(H,81,98)(H,82,91)(H4,69,70,71);(H,6,7)/t36-,37-,40+,41-,42+,43-,45-,46-,47-,48-,49-,50+,51-,52+,67-;/m0./s1. The summed E-state index contributed by atoms with van der Waals surface area (Å²) in [5, 5.41) is 78.5. The van der Waals surface area contributed by atoms with E-state index in [0.29, 0.717) is 5.56 Å². The van der Waals surface area contributed by atoms with Crippen LogP contribution < -0.4 is 75.7 Å². The number of esters is 1. The Kier molecular flexibility index (Phi) is 37.8. The number of ether oxygens (including phenoxy) is 2. The van der Waals surface area contributed by atoms with Gasteiger partial charge in [-0.15, -0.1) is 0 Å². The van der Waals surface area contributed by atoms with Crippen LogP contribution in [0.1, 0.15) is 139 Å². The number of nitrogens with two attached hydrogens (primary N) is 3. The van der Waals surface area contributed by atoms with Crippen LogP contribution in [0.4, 0.5) is 18.0 Å². The quantitative estimate of drug-likeness (QED) is 0.0221. The molecule has 0 saturated carbocycles. The van der Waals surface area contributed by atoms with Crippen molar-refractivity contribution in [2.45, 2.75) is 225 Å². The largest absolute Gasteiger partial charge is 0.490 e. The lowest BCUT2D eigenvalue weighted by atomic mass is 9.88. The molecule has 1 fully saturated rings. The van der Waals surface area contributed by atoms with Gasteiger partial charge in [0.05, 0.1) is 25.4 Å². The van der Waals surface area contributed by atoms with E-state index >= 15 is 14.4 Å². The van der Waals surface area contributed by atoms with E-state index in [1.165, 1.54) is 51.1 Å². The first-order valence-electron chi connectivity index (χ1n) is 34.7. The van der Waals surface area contributed by atoms with Crippen LogP contribution in [0.25, 0.3) is 0 Å². The van der Waals surface area contributed by atoms with E-state index in [9.17, 15) is 81.5 Å². The fourth-order valence-corrected chi connectivity index (χ4v) is 10.6. The Hall–Kier alpha value is -10.3. The third-order valence-electron chi connectivity index (χ3n) is 16.3. The third-order valence-corrected chi connectivity index (χ3v) is 16.3. The number of carbonyl (C=O) groups excluding carboxylic acids is 13. The second kappa shape index (κ2) is 43.5. The molecule has 39 heteroatoms. The van der Waals surface area contributed by atoms with Crippen molar-refractivity contribution in [1.82, 2.24) is 58.5 Å². The number of primary amides is 1. The normalized spacial score (nSPS) is 22.8. The van der Waals surface area contributed by atoms with Crippen LogP contribution in [0.2, 0.25) is 0 Å². The van der Waals surface area contributed by atoms with Gasteiger partial charge in [0.2, 0.25) is 65.0 Å². The number of alkyl halides is 3. The van der Waals surface area contributed by atoms with E-state index in [1.54, 1.807) is 92.6 Å². The summed E-state index contributed by atoms with van der Waals surface area (Å²) in [5.74, 6) is -20.7. The fourth-order valence-electron chi connectivity index (χ4n) is 10.6. The van der Waals surface area contributed by atoms with Crippen LogP contribution in [0.15, 0.2) is 65.7 Å². The molecule has 604 valence electrons. The maximum Gasteiger partial charge on any atom is 0.490 e. The predicted octanol–water partition coefficient (Wildman–Crippen LogP) is -2.65. The zero-order valence-corrected chi connectivity index (χ0v) is 62.5. The molecule has 2 aromatic carbocycles. The molecule has 1 aliphatic rings. The Labute approximate surface area is 622 Å². The first-order chi connectivity index (χ1) is 50.1. The molecular formula is C69H106F3N15O21. The minimum atomic E-state index is -5.08. The second-order valence-electron chi connectivity index (χ2n) is 28.2. The zero-order chi connectivity index (χ0) is 82.5. The van der Waals surface area contributed by atoms with Crippen LogP contribution in [0.5, 0.6) is 0 Å². The van der Waals surface area contributed by atoms with Gasteiger partial charge < -0.3 is 111 Å². The number of nitrogens with zero attached hydrogens (tertiary/aromatic N) is 1. The Balaban J connectivity index is 0.00000537. The summed E-state index contributed by atoms with van der Waals surface area (Å²) in [4.78, 5) is 200. The molecule has 1 heterocycles. The third kappa shape index (κ3) is 31.7. The van der Waals surface area contributed by atoms with Crippen molar-refractivity contribution in [2.24, 2.45) is 45.9 Å². The van der Waals surface area contributed by atoms with Gasteiger partial charge in [0, 0.05) is 13.0 Å². The van der Waals surface area contributed by atoms with Crippen molar-refractivity contribution in [3.8, 4) is 0 Å². The Bertz CT molecular complexity index is 3440. The summed E-state index contributed by atoms with van der Waals surface area (Å²) < 4.78 is 43.3. The van der Waals surface area contributed by atoms with Crippen molar-refractivity contribution in [1.29, 1.82) is 0 Å². The van der Waals surface area contributed by atoms with E-state index in [0.717, 1.165) is 6.92 Å². The molecule has 2 aromatic rings. The predicted molar refractivity (Wildman–Crippen MR) is 380 cm³/mol. The van der Waals surface area contributed by atoms with Crippen molar-refractivity contribution >= 4 is 89.0 Å². The van der Waals surface area contributed by atoms with E-state index in [2.05, 4.69) is 52.8 Å². The fraction of sp³-hybridized carbons (Fsp3) is 0.609. The van der Waals surface area contributed by atoms with Gasteiger partial charge >= 0.3 is 24.2 Å². The molecule has 0 radical (unpaired) electrons. The SMILES string of the molecule is CC[C@H](C)[C@@H]1NC(=O)[C@@H](CCCN=C(N)N)NC(=O)[C@H](CC(C)C)NC(=O)[C@H]([C@H](O)C(C)C)NC(=O)[C@@H](NC(=O)[C@](C)(CC(C)C)NC(=O)[C@@H](Cc2ccccc2)NC(=O)OC(C)(C)C)[C@@H](c2ccccc2)OC(=O)[C@H](CO)NC(=O)[C@H]([C@H](O)C(N)=O)NC(=O)CNC(=O)[C@H]([C@H](C)O)NC1=O.O=C(O)C(F)(F)F.